The monoisotopic (exact) mass is 273 g/mol. The van der Waals surface area contributed by atoms with Crippen molar-refractivity contribution in [3.63, 3.8) is 0 Å². The van der Waals surface area contributed by atoms with E-state index in [2.05, 4.69) is 11.4 Å². The zero-order valence-corrected chi connectivity index (χ0v) is 11.6. The molecule has 5 heteroatoms. The van der Waals surface area contributed by atoms with Crippen LogP contribution < -0.4 is 16.0 Å². The van der Waals surface area contributed by atoms with Crippen LogP contribution in [0, 0.1) is 0 Å². The van der Waals surface area contributed by atoms with E-state index in [9.17, 15) is 9.59 Å². The van der Waals surface area contributed by atoms with E-state index in [0.29, 0.717) is 0 Å². The number of nitrogens with one attached hydrogen (secondary N) is 1. The zero-order chi connectivity index (χ0) is 14.3. The van der Waals surface area contributed by atoms with Crippen LogP contribution in [-0.2, 0) is 15.0 Å². The van der Waals surface area contributed by atoms with Crippen molar-refractivity contribution in [1.82, 2.24) is 5.32 Å². The number of carbonyl (C=O) groups is 2. The third kappa shape index (κ3) is 2.08. The topological polar surface area (TPSA) is 75.4 Å². The first kappa shape index (κ1) is 13.1. The van der Waals surface area contributed by atoms with Crippen molar-refractivity contribution >= 4 is 17.5 Å². The van der Waals surface area contributed by atoms with Crippen molar-refractivity contribution < 1.29 is 9.59 Å². The SMILES string of the molecule is CC(N)C1(c2cccc(N3CC(=O)NCC3=O)c2)CC1. The highest BCUT2D eigenvalue weighted by Crippen LogP contribution is 2.50. The van der Waals surface area contributed by atoms with E-state index < -0.39 is 0 Å². The molecule has 3 rings (SSSR count). The average molecular weight is 273 g/mol. The molecule has 2 fully saturated rings. The first-order valence-corrected chi connectivity index (χ1v) is 6.96. The van der Waals surface area contributed by atoms with Gasteiger partial charge < -0.3 is 16.0 Å². The number of carbonyl (C=O) groups excluding carboxylic acids is 2. The molecule has 1 aromatic rings. The van der Waals surface area contributed by atoms with Crippen LogP contribution in [0.5, 0.6) is 0 Å². The lowest BCUT2D eigenvalue weighted by Gasteiger charge is -2.28. The number of benzene rings is 1. The first-order valence-electron chi connectivity index (χ1n) is 6.96. The van der Waals surface area contributed by atoms with Gasteiger partial charge >= 0.3 is 0 Å². The van der Waals surface area contributed by atoms with Crippen LogP contribution in [0.2, 0.25) is 0 Å². The van der Waals surface area contributed by atoms with Gasteiger partial charge in [0, 0.05) is 17.1 Å². The molecule has 1 atom stereocenters. The summed E-state index contributed by atoms with van der Waals surface area (Å²) >= 11 is 0. The molecule has 106 valence electrons. The summed E-state index contributed by atoms with van der Waals surface area (Å²) in [6.07, 6.45) is 2.17. The Bertz CT molecular complexity index is 564. The van der Waals surface area contributed by atoms with E-state index in [1.54, 1.807) is 4.90 Å². The summed E-state index contributed by atoms with van der Waals surface area (Å²) in [5.41, 5.74) is 8.11. The van der Waals surface area contributed by atoms with Crippen molar-refractivity contribution in [3.05, 3.63) is 29.8 Å². The van der Waals surface area contributed by atoms with E-state index >= 15 is 0 Å². The second-order valence-electron chi connectivity index (χ2n) is 5.75. The fraction of sp³-hybridized carbons (Fsp3) is 0.467. The molecule has 0 aromatic heterocycles. The van der Waals surface area contributed by atoms with Gasteiger partial charge in [0.05, 0.1) is 6.54 Å². The van der Waals surface area contributed by atoms with Crippen LogP contribution >= 0.6 is 0 Å². The molecular formula is C15H19N3O2. The van der Waals surface area contributed by atoms with E-state index in [4.69, 9.17) is 5.73 Å². The third-order valence-electron chi connectivity index (χ3n) is 4.43. The lowest BCUT2D eigenvalue weighted by atomic mass is 9.89. The Morgan fingerprint density at radius 1 is 1.35 bits per heavy atom. The van der Waals surface area contributed by atoms with E-state index in [0.717, 1.165) is 18.5 Å². The molecule has 3 N–H and O–H groups in total. The Labute approximate surface area is 118 Å². The minimum atomic E-state index is -0.122. The van der Waals surface area contributed by atoms with Crippen LogP contribution in [0.3, 0.4) is 0 Å². The number of anilines is 1. The van der Waals surface area contributed by atoms with Gasteiger partial charge in [-0.25, -0.2) is 0 Å². The summed E-state index contributed by atoms with van der Waals surface area (Å²) in [7, 11) is 0. The Kier molecular flexibility index (Phi) is 3.01. The van der Waals surface area contributed by atoms with Crippen molar-refractivity contribution in [2.24, 2.45) is 5.73 Å². The smallest absolute Gasteiger partial charge is 0.246 e. The molecule has 2 aliphatic rings. The maximum Gasteiger partial charge on any atom is 0.246 e. The van der Waals surface area contributed by atoms with E-state index in [1.165, 1.54) is 5.56 Å². The standard InChI is InChI=1S/C15H19N3O2/c1-10(16)15(5-6-15)11-3-2-4-12(7-11)18-9-13(19)17-8-14(18)20/h2-4,7,10H,5-6,8-9,16H2,1H3,(H,17,19). The Balaban J connectivity index is 1.92. The number of rotatable bonds is 3. The van der Waals surface area contributed by atoms with Gasteiger partial charge in [-0.15, -0.1) is 0 Å². The lowest BCUT2D eigenvalue weighted by molar-refractivity contribution is -0.128. The van der Waals surface area contributed by atoms with Gasteiger partial charge in [0.15, 0.2) is 0 Å². The molecule has 1 saturated heterocycles. The fourth-order valence-corrected chi connectivity index (χ4v) is 2.92. The zero-order valence-electron chi connectivity index (χ0n) is 11.6. The number of amides is 2. The summed E-state index contributed by atoms with van der Waals surface area (Å²) < 4.78 is 0. The first-order chi connectivity index (χ1) is 9.53. The molecule has 1 aliphatic heterocycles. The van der Waals surface area contributed by atoms with Crippen molar-refractivity contribution in [2.45, 2.75) is 31.2 Å². The third-order valence-corrected chi connectivity index (χ3v) is 4.43. The largest absolute Gasteiger partial charge is 0.345 e. The average Bonchev–Trinajstić information content (AvgIpc) is 3.23. The fourth-order valence-electron chi connectivity index (χ4n) is 2.92. The van der Waals surface area contributed by atoms with E-state index in [1.807, 2.05) is 25.1 Å². The predicted octanol–water partition coefficient (Wildman–Crippen LogP) is 0.528. The van der Waals surface area contributed by atoms with Crippen LogP contribution in [0.1, 0.15) is 25.3 Å². The summed E-state index contributed by atoms with van der Waals surface area (Å²) in [4.78, 5) is 24.9. The summed E-state index contributed by atoms with van der Waals surface area (Å²) in [6, 6.07) is 7.98. The van der Waals surface area contributed by atoms with Crippen LogP contribution in [0.4, 0.5) is 5.69 Å². The van der Waals surface area contributed by atoms with Crippen molar-refractivity contribution in [2.75, 3.05) is 18.0 Å². The molecule has 1 heterocycles. The van der Waals surface area contributed by atoms with Crippen LogP contribution in [0.15, 0.2) is 24.3 Å². The molecule has 0 bridgehead atoms. The molecule has 1 unspecified atom stereocenters. The van der Waals surface area contributed by atoms with Gasteiger partial charge in [0.25, 0.3) is 0 Å². The number of nitrogens with zero attached hydrogens (tertiary/aromatic N) is 1. The Hall–Kier alpha value is -1.88. The number of hydrogen-bond acceptors (Lipinski definition) is 3. The minimum Gasteiger partial charge on any atom is -0.345 e. The maximum atomic E-state index is 11.9. The van der Waals surface area contributed by atoms with Crippen LogP contribution in [0.25, 0.3) is 0 Å². The van der Waals surface area contributed by atoms with Gasteiger partial charge in [0.2, 0.25) is 11.8 Å². The second-order valence-corrected chi connectivity index (χ2v) is 5.75. The molecule has 0 radical (unpaired) electrons. The Morgan fingerprint density at radius 2 is 2.10 bits per heavy atom. The number of hydrogen-bond donors (Lipinski definition) is 2. The van der Waals surface area contributed by atoms with Gasteiger partial charge in [0.1, 0.15) is 6.54 Å². The normalized spacial score (nSPS) is 22.4. The maximum absolute atomic E-state index is 11.9. The molecule has 2 amide bonds. The van der Waals surface area contributed by atoms with Crippen LogP contribution in [-0.4, -0.2) is 30.9 Å². The molecule has 5 nitrogen and oxygen atoms in total. The lowest BCUT2D eigenvalue weighted by Crippen LogP contribution is -2.51. The highest BCUT2D eigenvalue weighted by molar-refractivity contribution is 6.04. The van der Waals surface area contributed by atoms with Gasteiger partial charge in [-0.1, -0.05) is 12.1 Å². The molecular weight excluding hydrogens is 254 g/mol. The van der Waals surface area contributed by atoms with E-state index in [-0.39, 0.29) is 36.4 Å². The summed E-state index contributed by atoms with van der Waals surface area (Å²) in [6.45, 7) is 2.19. The highest BCUT2D eigenvalue weighted by Gasteiger charge is 2.47. The highest BCUT2D eigenvalue weighted by atomic mass is 16.2. The molecule has 0 spiro atoms. The number of nitrogens with two attached hydrogens (primary N) is 1. The minimum absolute atomic E-state index is 0.0527. The summed E-state index contributed by atoms with van der Waals surface area (Å²) in [5.74, 6) is -0.198. The Morgan fingerprint density at radius 3 is 2.75 bits per heavy atom. The van der Waals surface area contributed by atoms with Crippen molar-refractivity contribution in [3.8, 4) is 0 Å². The number of piperazine rings is 1. The van der Waals surface area contributed by atoms with Gasteiger partial charge in [-0.3, -0.25) is 9.59 Å². The molecule has 1 aliphatic carbocycles. The molecule has 20 heavy (non-hydrogen) atoms. The van der Waals surface area contributed by atoms with Crippen molar-refractivity contribution in [1.29, 1.82) is 0 Å². The quantitative estimate of drug-likeness (QED) is 0.843. The summed E-state index contributed by atoms with van der Waals surface area (Å²) in [5, 5.41) is 2.56. The predicted molar refractivity (Wildman–Crippen MR) is 76.4 cm³/mol. The van der Waals surface area contributed by atoms with Gasteiger partial charge in [-0.05, 0) is 37.5 Å². The second kappa shape index (κ2) is 4.59. The molecule has 1 saturated carbocycles. The molecule has 1 aromatic carbocycles. The van der Waals surface area contributed by atoms with Gasteiger partial charge in [-0.2, -0.15) is 0 Å².